The van der Waals surface area contributed by atoms with Crippen LogP contribution in [0.25, 0.3) is 0 Å². The maximum Gasteiger partial charge on any atom is 0.256 e. The fraction of sp³-hybridized carbons (Fsp3) is 0.611. The summed E-state index contributed by atoms with van der Waals surface area (Å²) in [5.41, 5.74) is 2.00. The van der Waals surface area contributed by atoms with Gasteiger partial charge >= 0.3 is 0 Å². The van der Waals surface area contributed by atoms with Gasteiger partial charge < -0.3 is 14.8 Å². The van der Waals surface area contributed by atoms with Crippen LogP contribution in [-0.4, -0.2) is 25.2 Å². The third-order valence-electron chi connectivity index (χ3n) is 3.88. The molecule has 1 amide bonds. The highest BCUT2D eigenvalue weighted by Crippen LogP contribution is 2.28. The molecule has 0 fully saturated rings. The van der Waals surface area contributed by atoms with E-state index in [-0.39, 0.29) is 5.91 Å². The van der Waals surface area contributed by atoms with Crippen molar-refractivity contribution in [2.45, 2.75) is 53.6 Å². The van der Waals surface area contributed by atoms with Crippen LogP contribution in [0.3, 0.4) is 0 Å². The lowest BCUT2D eigenvalue weighted by molar-refractivity contribution is -0.136. The van der Waals surface area contributed by atoms with E-state index in [2.05, 4.69) is 19.2 Å². The zero-order valence-corrected chi connectivity index (χ0v) is 14.9. The quantitative estimate of drug-likeness (QED) is 0.825. The molecule has 0 heterocycles. The van der Waals surface area contributed by atoms with Crippen molar-refractivity contribution in [1.29, 1.82) is 0 Å². The molecule has 0 radical (unpaired) electrons. The topological polar surface area (TPSA) is 47.6 Å². The van der Waals surface area contributed by atoms with E-state index in [1.807, 2.05) is 32.9 Å². The average molecular weight is 307 g/mol. The number of carbonyl (C=O) groups is 1. The summed E-state index contributed by atoms with van der Waals surface area (Å²) >= 11 is 0. The van der Waals surface area contributed by atoms with Crippen LogP contribution in [0, 0.1) is 19.8 Å². The molecule has 1 N–H and O–H groups in total. The summed E-state index contributed by atoms with van der Waals surface area (Å²) in [6.45, 7) is 12.6. The Hall–Kier alpha value is -1.55. The molecule has 0 spiro atoms. The van der Waals surface area contributed by atoms with Gasteiger partial charge in [0.2, 0.25) is 0 Å². The Balaban J connectivity index is 2.93. The second-order valence-electron chi connectivity index (χ2n) is 6.39. The van der Waals surface area contributed by atoms with Crippen LogP contribution in [0.15, 0.2) is 12.1 Å². The molecule has 0 aliphatic heterocycles. The molecule has 0 aliphatic carbocycles. The Morgan fingerprint density at radius 2 is 1.82 bits per heavy atom. The number of aryl methyl sites for hydroxylation is 2. The Morgan fingerprint density at radius 3 is 2.23 bits per heavy atom. The molecular weight excluding hydrogens is 278 g/mol. The zero-order chi connectivity index (χ0) is 16.9. The van der Waals surface area contributed by atoms with E-state index in [0.717, 1.165) is 22.6 Å². The van der Waals surface area contributed by atoms with Gasteiger partial charge in [0.15, 0.2) is 0 Å². The molecule has 0 saturated heterocycles. The van der Waals surface area contributed by atoms with Gasteiger partial charge in [-0.05, 0) is 56.4 Å². The maximum absolute atomic E-state index is 12.4. The summed E-state index contributed by atoms with van der Waals surface area (Å²) in [5.74, 6) is 1.24. The minimum absolute atomic E-state index is 0.132. The summed E-state index contributed by atoms with van der Waals surface area (Å²) in [7, 11) is 1.56. The van der Waals surface area contributed by atoms with Gasteiger partial charge in [-0.2, -0.15) is 0 Å². The lowest BCUT2D eigenvalue weighted by Gasteiger charge is -2.25. The Kier molecular flexibility index (Phi) is 6.42. The molecule has 0 unspecified atom stereocenters. The second-order valence-corrected chi connectivity index (χ2v) is 6.39. The fourth-order valence-corrected chi connectivity index (χ4v) is 2.16. The van der Waals surface area contributed by atoms with Crippen molar-refractivity contribution < 1.29 is 14.3 Å². The van der Waals surface area contributed by atoms with Gasteiger partial charge in [-0.15, -0.1) is 0 Å². The number of anilines is 1. The van der Waals surface area contributed by atoms with Crippen LogP contribution in [0.1, 0.15) is 45.2 Å². The van der Waals surface area contributed by atoms with Gasteiger partial charge in [0.25, 0.3) is 5.91 Å². The van der Waals surface area contributed by atoms with E-state index in [4.69, 9.17) is 9.47 Å². The number of benzene rings is 1. The lowest BCUT2D eigenvalue weighted by Crippen LogP contribution is -2.41. The van der Waals surface area contributed by atoms with Gasteiger partial charge in [0.05, 0.1) is 6.61 Å². The average Bonchev–Trinajstić information content (AvgIpc) is 2.45. The molecule has 0 saturated carbocycles. The molecule has 1 rings (SSSR count). The van der Waals surface area contributed by atoms with Crippen LogP contribution in [-0.2, 0) is 9.53 Å². The predicted octanol–water partition coefficient (Wildman–Crippen LogP) is 4.09. The number of carbonyl (C=O) groups excluding carboxylic acids is 1. The Bertz CT molecular complexity index is 496. The van der Waals surface area contributed by atoms with Crippen molar-refractivity contribution in [1.82, 2.24) is 0 Å². The van der Waals surface area contributed by atoms with Gasteiger partial charge in [-0.3, -0.25) is 4.79 Å². The summed E-state index contributed by atoms with van der Waals surface area (Å²) < 4.78 is 11.2. The van der Waals surface area contributed by atoms with Gasteiger partial charge in [0.1, 0.15) is 11.4 Å². The summed E-state index contributed by atoms with van der Waals surface area (Å²) in [6, 6.07) is 3.87. The first-order chi connectivity index (χ1) is 10.2. The molecule has 124 valence electrons. The van der Waals surface area contributed by atoms with Crippen LogP contribution in [0.2, 0.25) is 0 Å². The second kappa shape index (κ2) is 7.63. The Labute approximate surface area is 134 Å². The van der Waals surface area contributed by atoms with Gasteiger partial charge in [-0.1, -0.05) is 20.8 Å². The molecule has 0 bridgehead atoms. The molecule has 4 heteroatoms. The molecular formula is C18H29NO3. The largest absolute Gasteiger partial charge is 0.493 e. The molecule has 22 heavy (non-hydrogen) atoms. The van der Waals surface area contributed by atoms with Crippen LogP contribution in [0.4, 0.5) is 5.69 Å². The number of ether oxygens (including phenoxy) is 2. The summed E-state index contributed by atoms with van der Waals surface area (Å²) in [5, 5.41) is 2.94. The van der Waals surface area contributed by atoms with E-state index in [0.29, 0.717) is 18.9 Å². The van der Waals surface area contributed by atoms with E-state index in [9.17, 15) is 4.79 Å². The van der Waals surface area contributed by atoms with Crippen LogP contribution < -0.4 is 10.1 Å². The molecule has 1 atom stereocenters. The Morgan fingerprint density at radius 1 is 1.27 bits per heavy atom. The van der Waals surface area contributed by atoms with Crippen LogP contribution >= 0.6 is 0 Å². The number of methoxy groups -OCH3 is 1. The number of rotatable bonds is 7. The third kappa shape index (κ3) is 4.47. The predicted molar refractivity (Wildman–Crippen MR) is 90.6 cm³/mol. The van der Waals surface area contributed by atoms with Crippen molar-refractivity contribution in [2.75, 3.05) is 19.0 Å². The van der Waals surface area contributed by atoms with E-state index in [1.54, 1.807) is 14.0 Å². The maximum atomic E-state index is 12.4. The summed E-state index contributed by atoms with van der Waals surface area (Å²) in [6.07, 6.45) is 0.614. The monoisotopic (exact) mass is 307 g/mol. The van der Waals surface area contributed by atoms with Crippen molar-refractivity contribution in [3.05, 3.63) is 23.3 Å². The zero-order valence-electron chi connectivity index (χ0n) is 14.9. The van der Waals surface area contributed by atoms with E-state index >= 15 is 0 Å². The molecule has 0 aliphatic rings. The first kappa shape index (κ1) is 18.5. The number of nitrogens with one attached hydrogen (secondary N) is 1. The SMILES string of the molecule is CC[C@@](C)(OC)C(=O)Nc1cc(C)c(OCC(C)C)c(C)c1. The van der Waals surface area contributed by atoms with Crippen molar-refractivity contribution in [3.63, 3.8) is 0 Å². The fourth-order valence-electron chi connectivity index (χ4n) is 2.16. The van der Waals surface area contributed by atoms with Gasteiger partial charge in [-0.25, -0.2) is 0 Å². The highest BCUT2D eigenvalue weighted by atomic mass is 16.5. The smallest absolute Gasteiger partial charge is 0.256 e. The van der Waals surface area contributed by atoms with Crippen molar-refractivity contribution >= 4 is 11.6 Å². The highest BCUT2D eigenvalue weighted by Gasteiger charge is 2.31. The van der Waals surface area contributed by atoms with Gasteiger partial charge in [0, 0.05) is 12.8 Å². The van der Waals surface area contributed by atoms with Crippen molar-refractivity contribution in [3.8, 4) is 5.75 Å². The molecule has 4 nitrogen and oxygen atoms in total. The molecule has 1 aromatic rings. The van der Waals surface area contributed by atoms with E-state index < -0.39 is 5.60 Å². The number of hydrogen-bond acceptors (Lipinski definition) is 3. The number of hydrogen-bond donors (Lipinski definition) is 1. The molecule has 0 aromatic heterocycles. The first-order valence-electron chi connectivity index (χ1n) is 7.84. The molecule has 1 aromatic carbocycles. The standard InChI is InChI=1S/C18H29NO3/c1-8-18(6,21-7)17(20)19-15-9-13(4)16(14(5)10-15)22-11-12(2)3/h9-10,12H,8,11H2,1-7H3,(H,19,20)/t18-/m1/s1. The minimum Gasteiger partial charge on any atom is -0.493 e. The lowest BCUT2D eigenvalue weighted by atomic mass is 10.0. The third-order valence-corrected chi connectivity index (χ3v) is 3.88. The van der Waals surface area contributed by atoms with Crippen molar-refractivity contribution in [2.24, 2.45) is 5.92 Å². The highest BCUT2D eigenvalue weighted by molar-refractivity contribution is 5.97. The minimum atomic E-state index is -0.811. The van der Waals surface area contributed by atoms with Crippen LogP contribution in [0.5, 0.6) is 5.75 Å². The summed E-state index contributed by atoms with van der Waals surface area (Å²) in [4.78, 5) is 12.4. The normalized spacial score (nSPS) is 13.8. The van der Waals surface area contributed by atoms with E-state index in [1.165, 1.54) is 0 Å². The first-order valence-corrected chi connectivity index (χ1v) is 7.84. The number of amides is 1.